The van der Waals surface area contributed by atoms with Gasteiger partial charge in [0.25, 0.3) is 5.91 Å². The van der Waals surface area contributed by atoms with E-state index in [-0.39, 0.29) is 12.5 Å². The van der Waals surface area contributed by atoms with Crippen molar-refractivity contribution in [3.05, 3.63) is 83.2 Å². The highest BCUT2D eigenvalue weighted by Crippen LogP contribution is 2.23. The van der Waals surface area contributed by atoms with Crippen molar-refractivity contribution in [3.8, 4) is 5.75 Å². The zero-order chi connectivity index (χ0) is 19.4. The summed E-state index contributed by atoms with van der Waals surface area (Å²) in [5, 5.41) is 2.83. The van der Waals surface area contributed by atoms with Gasteiger partial charge in [-0.2, -0.15) is 0 Å². The van der Waals surface area contributed by atoms with Crippen LogP contribution in [0, 0.1) is 19.7 Å². The Morgan fingerprint density at radius 3 is 2.56 bits per heavy atom. The van der Waals surface area contributed by atoms with E-state index in [1.165, 1.54) is 6.07 Å². The van der Waals surface area contributed by atoms with Crippen molar-refractivity contribution < 1.29 is 13.9 Å². The van der Waals surface area contributed by atoms with Crippen molar-refractivity contribution in [2.45, 2.75) is 19.9 Å². The van der Waals surface area contributed by atoms with Crippen LogP contribution in [0.1, 0.15) is 28.6 Å². The summed E-state index contributed by atoms with van der Waals surface area (Å²) in [4.78, 5) is 16.8. The van der Waals surface area contributed by atoms with Gasteiger partial charge in [-0.15, -0.1) is 0 Å². The van der Waals surface area contributed by atoms with Crippen molar-refractivity contribution >= 4 is 5.91 Å². The first kappa shape index (κ1) is 18.6. The van der Waals surface area contributed by atoms with E-state index >= 15 is 0 Å². The van der Waals surface area contributed by atoms with Gasteiger partial charge in [0.05, 0.1) is 0 Å². The number of nitrogens with one attached hydrogen (secondary N) is 1. The predicted molar refractivity (Wildman–Crippen MR) is 101 cm³/mol. The van der Waals surface area contributed by atoms with Gasteiger partial charge in [0.1, 0.15) is 23.4 Å². The maximum Gasteiger partial charge on any atom is 0.258 e. The second-order valence-corrected chi connectivity index (χ2v) is 6.53. The fraction of sp³-hybridized carbons (Fsp3) is 0.238. The quantitative estimate of drug-likeness (QED) is 0.726. The van der Waals surface area contributed by atoms with E-state index in [1.807, 2.05) is 32.0 Å². The standard InChI is InChI=1S/C21H22FN3O2/c1-14-10-15(2)12-16(11-14)27-13-19(26)24-20(21-23-8-9-25(21)3)17-6-4-5-7-18(17)22/h4-12,20H,13H2,1-3H3,(H,24,26). The fourth-order valence-electron chi connectivity index (χ4n) is 3.01. The third-order valence-corrected chi connectivity index (χ3v) is 4.20. The number of ether oxygens (including phenoxy) is 1. The van der Waals surface area contributed by atoms with Gasteiger partial charge >= 0.3 is 0 Å². The third kappa shape index (κ3) is 4.53. The van der Waals surface area contributed by atoms with Crippen LogP contribution in [-0.2, 0) is 11.8 Å². The maximum atomic E-state index is 14.3. The molecule has 0 fully saturated rings. The third-order valence-electron chi connectivity index (χ3n) is 4.20. The molecule has 140 valence electrons. The Hall–Kier alpha value is -3.15. The van der Waals surface area contributed by atoms with Gasteiger partial charge in [-0.1, -0.05) is 24.3 Å². The number of aryl methyl sites for hydroxylation is 3. The normalized spacial score (nSPS) is 11.9. The summed E-state index contributed by atoms with van der Waals surface area (Å²) >= 11 is 0. The Kier molecular flexibility index (Phi) is 5.54. The van der Waals surface area contributed by atoms with E-state index in [9.17, 15) is 9.18 Å². The Balaban J connectivity index is 1.77. The highest BCUT2D eigenvalue weighted by Gasteiger charge is 2.23. The van der Waals surface area contributed by atoms with Crippen LogP contribution in [0.5, 0.6) is 5.75 Å². The molecule has 1 unspecified atom stereocenters. The zero-order valence-corrected chi connectivity index (χ0v) is 15.6. The van der Waals surface area contributed by atoms with Gasteiger partial charge in [0.2, 0.25) is 0 Å². The maximum absolute atomic E-state index is 14.3. The highest BCUT2D eigenvalue weighted by atomic mass is 19.1. The number of nitrogens with zero attached hydrogens (tertiary/aromatic N) is 2. The largest absolute Gasteiger partial charge is 0.484 e. The SMILES string of the molecule is Cc1cc(C)cc(OCC(=O)NC(c2ccccc2F)c2nccn2C)c1. The number of hydrogen-bond donors (Lipinski definition) is 1. The molecule has 1 heterocycles. The summed E-state index contributed by atoms with van der Waals surface area (Å²) in [7, 11) is 1.80. The molecule has 5 nitrogen and oxygen atoms in total. The minimum absolute atomic E-state index is 0.168. The van der Waals surface area contributed by atoms with Gasteiger partial charge in [-0.05, 0) is 43.2 Å². The van der Waals surface area contributed by atoms with E-state index in [4.69, 9.17) is 4.74 Å². The molecule has 0 spiro atoms. The molecule has 0 aliphatic rings. The van der Waals surface area contributed by atoms with Crippen LogP contribution in [0.4, 0.5) is 4.39 Å². The van der Waals surface area contributed by atoms with Crippen molar-refractivity contribution in [2.24, 2.45) is 7.05 Å². The minimum Gasteiger partial charge on any atom is -0.484 e. The molecule has 27 heavy (non-hydrogen) atoms. The van der Waals surface area contributed by atoms with Gasteiger partial charge in [0.15, 0.2) is 6.61 Å². The molecule has 0 aliphatic heterocycles. The van der Waals surface area contributed by atoms with Crippen molar-refractivity contribution in [2.75, 3.05) is 6.61 Å². The van der Waals surface area contributed by atoms with Crippen LogP contribution in [0.3, 0.4) is 0 Å². The molecule has 1 atom stereocenters. The summed E-state index contributed by atoms with van der Waals surface area (Å²) in [6, 6.07) is 11.4. The van der Waals surface area contributed by atoms with Crippen molar-refractivity contribution in [1.82, 2.24) is 14.9 Å². The number of hydrogen-bond acceptors (Lipinski definition) is 3. The van der Waals surface area contributed by atoms with Crippen LogP contribution in [0.2, 0.25) is 0 Å². The molecule has 1 aromatic heterocycles. The summed E-state index contributed by atoms with van der Waals surface area (Å²) < 4.78 is 21.7. The average Bonchev–Trinajstić information content (AvgIpc) is 3.04. The first-order valence-electron chi connectivity index (χ1n) is 8.66. The molecule has 0 bridgehead atoms. The zero-order valence-electron chi connectivity index (χ0n) is 15.6. The number of amides is 1. The van der Waals surface area contributed by atoms with Gasteiger partial charge < -0.3 is 14.6 Å². The molecular weight excluding hydrogens is 345 g/mol. The van der Waals surface area contributed by atoms with Crippen LogP contribution in [-0.4, -0.2) is 22.1 Å². The summed E-state index contributed by atoms with van der Waals surface area (Å²) in [6.07, 6.45) is 3.36. The minimum atomic E-state index is -0.707. The predicted octanol–water partition coefficient (Wildman–Crippen LogP) is 3.46. The number of carbonyl (C=O) groups excluding carboxylic acids is 1. The van der Waals surface area contributed by atoms with E-state index in [0.717, 1.165) is 11.1 Å². The van der Waals surface area contributed by atoms with E-state index in [2.05, 4.69) is 10.3 Å². The molecule has 0 saturated heterocycles. The van der Waals surface area contributed by atoms with Gasteiger partial charge in [0, 0.05) is 25.0 Å². The topological polar surface area (TPSA) is 56.1 Å². The Labute approximate surface area is 157 Å². The van der Waals surface area contributed by atoms with Crippen LogP contribution in [0.15, 0.2) is 54.9 Å². The number of imidazole rings is 1. The molecule has 0 aliphatic carbocycles. The number of halogens is 1. The van der Waals surface area contributed by atoms with Gasteiger partial charge in [-0.3, -0.25) is 4.79 Å². The number of carbonyl (C=O) groups is 1. The lowest BCUT2D eigenvalue weighted by atomic mass is 10.1. The number of benzene rings is 2. The van der Waals surface area contributed by atoms with E-state index in [0.29, 0.717) is 17.1 Å². The average molecular weight is 367 g/mol. The van der Waals surface area contributed by atoms with Crippen LogP contribution in [0.25, 0.3) is 0 Å². The summed E-state index contributed by atoms with van der Waals surface area (Å²) in [5.74, 6) is 0.411. The van der Waals surface area contributed by atoms with E-state index < -0.39 is 11.9 Å². The molecular formula is C21H22FN3O2. The van der Waals surface area contributed by atoms with Crippen LogP contribution >= 0.6 is 0 Å². The first-order valence-corrected chi connectivity index (χ1v) is 8.66. The molecule has 0 radical (unpaired) electrons. The lowest BCUT2D eigenvalue weighted by Gasteiger charge is -2.20. The summed E-state index contributed by atoms with van der Waals surface area (Å²) in [6.45, 7) is 3.77. The molecule has 6 heteroatoms. The molecule has 0 saturated carbocycles. The molecule has 3 rings (SSSR count). The molecule has 1 amide bonds. The molecule has 1 N–H and O–H groups in total. The van der Waals surface area contributed by atoms with Crippen molar-refractivity contribution in [3.63, 3.8) is 0 Å². The fourth-order valence-corrected chi connectivity index (χ4v) is 3.01. The molecule has 3 aromatic rings. The number of aromatic nitrogens is 2. The van der Waals surface area contributed by atoms with Gasteiger partial charge in [-0.25, -0.2) is 9.37 Å². The lowest BCUT2D eigenvalue weighted by Crippen LogP contribution is -2.35. The van der Waals surface area contributed by atoms with Crippen molar-refractivity contribution in [1.29, 1.82) is 0 Å². The second kappa shape index (κ2) is 8.03. The number of rotatable bonds is 6. The lowest BCUT2D eigenvalue weighted by molar-refractivity contribution is -0.123. The summed E-state index contributed by atoms with van der Waals surface area (Å²) in [5.41, 5.74) is 2.47. The second-order valence-electron chi connectivity index (χ2n) is 6.53. The Morgan fingerprint density at radius 2 is 1.93 bits per heavy atom. The Morgan fingerprint density at radius 1 is 1.22 bits per heavy atom. The highest BCUT2D eigenvalue weighted by molar-refractivity contribution is 5.78. The monoisotopic (exact) mass is 367 g/mol. The van der Waals surface area contributed by atoms with Crippen LogP contribution < -0.4 is 10.1 Å². The first-order chi connectivity index (χ1) is 12.9. The smallest absolute Gasteiger partial charge is 0.258 e. The van der Waals surface area contributed by atoms with E-state index in [1.54, 1.807) is 42.2 Å². The Bertz CT molecular complexity index is 932. The molecule has 2 aromatic carbocycles.